The van der Waals surface area contributed by atoms with E-state index >= 15 is 0 Å². The number of halogens is 3. The highest BCUT2D eigenvalue weighted by molar-refractivity contribution is 6.67. The van der Waals surface area contributed by atoms with Gasteiger partial charge in [0.2, 0.25) is 5.82 Å². The average molecular weight is 375 g/mol. The maximum atomic E-state index is 14.3. The van der Waals surface area contributed by atoms with Crippen LogP contribution >= 0.6 is 23.2 Å². The van der Waals surface area contributed by atoms with Crippen LogP contribution in [-0.4, -0.2) is 25.7 Å². The smallest absolute Gasteiger partial charge is 0.276 e. The topological polar surface area (TPSA) is 60.1 Å². The van der Waals surface area contributed by atoms with Crippen LogP contribution in [0.4, 0.5) is 4.39 Å². The summed E-state index contributed by atoms with van der Waals surface area (Å²) in [7, 11) is 0. The van der Waals surface area contributed by atoms with Gasteiger partial charge in [0, 0.05) is 16.1 Å². The fraction of sp³-hybridized carbons (Fsp3) is 0.0588. The Labute approximate surface area is 151 Å². The van der Waals surface area contributed by atoms with Crippen molar-refractivity contribution in [2.45, 2.75) is 6.54 Å². The van der Waals surface area contributed by atoms with Crippen molar-refractivity contribution in [1.29, 1.82) is 0 Å². The van der Waals surface area contributed by atoms with Gasteiger partial charge in [-0.3, -0.25) is 9.79 Å². The largest absolute Gasteiger partial charge is 0.291 e. The third-order valence-electron chi connectivity index (χ3n) is 3.80. The van der Waals surface area contributed by atoms with E-state index < -0.39 is 11.1 Å². The Bertz CT molecular complexity index is 1040. The molecule has 0 spiro atoms. The van der Waals surface area contributed by atoms with Crippen LogP contribution in [-0.2, 0) is 6.54 Å². The standard InChI is InChI=1S/C17H9Cl2FN4O/c18-9-5-6-13-11(7-9)15(10-3-1-2-4-12(10)20)21-8-14-22-17(16(19)25)23-24(13)14/h1-7H,8H2. The van der Waals surface area contributed by atoms with Crippen molar-refractivity contribution in [3.8, 4) is 5.69 Å². The summed E-state index contributed by atoms with van der Waals surface area (Å²) < 4.78 is 15.8. The van der Waals surface area contributed by atoms with E-state index in [2.05, 4.69) is 15.1 Å². The van der Waals surface area contributed by atoms with Gasteiger partial charge in [0.25, 0.3) is 5.24 Å². The average Bonchev–Trinajstić information content (AvgIpc) is 2.95. The Morgan fingerprint density at radius 3 is 2.72 bits per heavy atom. The second-order valence-electron chi connectivity index (χ2n) is 5.34. The number of carbonyl (C=O) groups excluding carboxylic acids is 1. The third kappa shape index (κ3) is 2.73. The molecule has 0 atom stereocenters. The van der Waals surface area contributed by atoms with E-state index in [0.29, 0.717) is 33.4 Å². The molecule has 0 saturated heterocycles. The van der Waals surface area contributed by atoms with Crippen molar-refractivity contribution in [1.82, 2.24) is 14.8 Å². The van der Waals surface area contributed by atoms with Crippen LogP contribution in [0, 0.1) is 5.82 Å². The van der Waals surface area contributed by atoms with Gasteiger partial charge in [0.05, 0.1) is 17.9 Å². The summed E-state index contributed by atoms with van der Waals surface area (Å²) in [5, 5.41) is 3.86. The minimum absolute atomic E-state index is 0.109. The summed E-state index contributed by atoms with van der Waals surface area (Å²) in [5.74, 6) is -0.0719. The molecule has 1 aliphatic heterocycles. The van der Waals surface area contributed by atoms with Crippen LogP contribution in [0.25, 0.3) is 5.69 Å². The van der Waals surface area contributed by atoms with E-state index in [0.717, 1.165) is 0 Å². The Morgan fingerprint density at radius 1 is 1.16 bits per heavy atom. The fourth-order valence-corrected chi connectivity index (χ4v) is 2.98. The number of hydrogen-bond donors (Lipinski definition) is 0. The van der Waals surface area contributed by atoms with Crippen molar-refractivity contribution in [2.24, 2.45) is 4.99 Å². The predicted octanol–water partition coefficient (Wildman–Crippen LogP) is 3.79. The highest BCUT2D eigenvalue weighted by Gasteiger charge is 2.24. The summed E-state index contributed by atoms with van der Waals surface area (Å²) in [6.45, 7) is 0.118. The van der Waals surface area contributed by atoms with Gasteiger partial charge in [-0.25, -0.2) is 14.1 Å². The molecule has 1 aromatic heterocycles. The maximum absolute atomic E-state index is 14.3. The SMILES string of the molecule is O=C(Cl)c1nc2n(n1)-c1ccc(Cl)cc1C(c1ccccc1F)=NC2. The zero-order valence-electron chi connectivity index (χ0n) is 12.6. The molecule has 0 N–H and O–H groups in total. The molecule has 0 fully saturated rings. The van der Waals surface area contributed by atoms with Crippen LogP contribution in [0.5, 0.6) is 0 Å². The van der Waals surface area contributed by atoms with Crippen molar-refractivity contribution >= 4 is 34.2 Å². The van der Waals surface area contributed by atoms with Crippen LogP contribution in [0.2, 0.25) is 5.02 Å². The molecule has 0 aliphatic carbocycles. The van der Waals surface area contributed by atoms with Gasteiger partial charge in [-0.2, -0.15) is 0 Å². The summed E-state index contributed by atoms with van der Waals surface area (Å²) in [4.78, 5) is 20.0. The molecule has 124 valence electrons. The Balaban J connectivity index is 1.98. The first kappa shape index (κ1) is 15.9. The van der Waals surface area contributed by atoms with Crippen molar-refractivity contribution in [2.75, 3.05) is 0 Å². The number of aromatic nitrogens is 3. The number of carbonyl (C=O) groups is 1. The first-order valence-corrected chi connectivity index (χ1v) is 8.05. The Morgan fingerprint density at radius 2 is 1.96 bits per heavy atom. The molecule has 3 aromatic rings. The van der Waals surface area contributed by atoms with Crippen molar-refractivity contribution in [3.63, 3.8) is 0 Å². The monoisotopic (exact) mass is 374 g/mol. The quantitative estimate of drug-likeness (QED) is 0.641. The number of fused-ring (bicyclic) bond motifs is 3. The molecule has 0 radical (unpaired) electrons. The minimum atomic E-state index is -0.755. The number of hydrogen-bond acceptors (Lipinski definition) is 4. The fourth-order valence-electron chi connectivity index (χ4n) is 2.72. The molecular weight excluding hydrogens is 366 g/mol. The Hall–Kier alpha value is -2.57. The molecule has 1 aliphatic rings. The molecule has 0 amide bonds. The lowest BCUT2D eigenvalue weighted by molar-refractivity contribution is 0.107. The first-order valence-electron chi connectivity index (χ1n) is 7.30. The van der Waals surface area contributed by atoms with Crippen LogP contribution < -0.4 is 0 Å². The first-order chi connectivity index (χ1) is 12.0. The molecule has 2 heterocycles. The molecule has 0 unspecified atom stereocenters. The molecule has 25 heavy (non-hydrogen) atoms. The highest BCUT2D eigenvalue weighted by Crippen LogP contribution is 2.27. The molecule has 0 saturated carbocycles. The lowest BCUT2D eigenvalue weighted by Crippen LogP contribution is -2.10. The number of rotatable bonds is 2. The predicted molar refractivity (Wildman–Crippen MR) is 92.3 cm³/mol. The Kier molecular flexibility index (Phi) is 3.86. The van der Waals surface area contributed by atoms with Crippen LogP contribution in [0.1, 0.15) is 27.6 Å². The molecular formula is C17H9Cl2FN4O. The van der Waals surface area contributed by atoms with Gasteiger partial charge in [-0.1, -0.05) is 23.7 Å². The molecule has 4 rings (SSSR count). The van der Waals surface area contributed by atoms with Crippen LogP contribution in [0.3, 0.4) is 0 Å². The lowest BCUT2D eigenvalue weighted by Gasteiger charge is -2.11. The van der Waals surface area contributed by atoms with E-state index in [1.165, 1.54) is 10.7 Å². The molecule has 5 nitrogen and oxygen atoms in total. The highest BCUT2D eigenvalue weighted by atomic mass is 35.5. The van der Waals surface area contributed by atoms with Crippen molar-refractivity contribution < 1.29 is 9.18 Å². The van der Waals surface area contributed by atoms with Gasteiger partial charge in [-0.05, 0) is 41.9 Å². The maximum Gasteiger partial charge on any atom is 0.291 e. The number of nitrogens with zero attached hydrogens (tertiary/aromatic N) is 4. The molecule has 0 bridgehead atoms. The second-order valence-corrected chi connectivity index (χ2v) is 6.12. The van der Waals surface area contributed by atoms with E-state index in [9.17, 15) is 9.18 Å². The normalized spacial score (nSPS) is 12.8. The van der Waals surface area contributed by atoms with E-state index in [1.54, 1.807) is 36.4 Å². The number of benzene rings is 2. The van der Waals surface area contributed by atoms with Gasteiger partial charge in [0.15, 0.2) is 5.82 Å². The minimum Gasteiger partial charge on any atom is -0.276 e. The van der Waals surface area contributed by atoms with E-state index in [4.69, 9.17) is 23.2 Å². The lowest BCUT2D eigenvalue weighted by atomic mass is 10.00. The summed E-state index contributed by atoms with van der Waals surface area (Å²) in [6.07, 6.45) is 0. The van der Waals surface area contributed by atoms with Gasteiger partial charge in [-0.15, -0.1) is 5.10 Å². The van der Waals surface area contributed by atoms with E-state index in [1.807, 2.05) is 0 Å². The third-order valence-corrected chi connectivity index (χ3v) is 4.20. The molecule has 2 aromatic carbocycles. The second kappa shape index (κ2) is 6.06. The van der Waals surface area contributed by atoms with Crippen LogP contribution in [0.15, 0.2) is 47.5 Å². The molecule has 8 heteroatoms. The zero-order chi connectivity index (χ0) is 17.6. The van der Waals surface area contributed by atoms with Crippen molar-refractivity contribution in [3.05, 3.63) is 76.1 Å². The van der Waals surface area contributed by atoms with Gasteiger partial charge < -0.3 is 0 Å². The van der Waals surface area contributed by atoms with E-state index in [-0.39, 0.29) is 12.4 Å². The summed E-state index contributed by atoms with van der Waals surface area (Å²) in [5.41, 5.74) is 1.98. The van der Waals surface area contributed by atoms with Gasteiger partial charge >= 0.3 is 0 Å². The van der Waals surface area contributed by atoms with Gasteiger partial charge in [0.1, 0.15) is 5.82 Å². The summed E-state index contributed by atoms with van der Waals surface area (Å²) >= 11 is 11.6. The zero-order valence-corrected chi connectivity index (χ0v) is 14.1. The summed E-state index contributed by atoms with van der Waals surface area (Å²) in [6, 6.07) is 11.4. The number of aliphatic imine (C=N–C) groups is 1.